The van der Waals surface area contributed by atoms with Crippen molar-refractivity contribution in [3.05, 3.63) is 94.0 Å². The van der Waals surface area contributed by atoms with E-state index in [4.69, 9.17) is 21.1 Å². The maximum atomic E-state index is 13.4. The quantitative estimate of drug-likeness (QED) is 0.225. The van der Waals surface area contributed by atoms with Gasteiger partial charge in [-0.2, -0.15) is 0 Å². The Morgan fingerprint density at radius 1 is 1.03 bits per heavy atom. The lowest BCUT2D eigenvalue weighted by Crippen LogP contribution is -2.29. The van der Waals surface area contributed by atoms with E-state index in [-0.39, 0.29) is 16.9 Å². The zero-order valence-electron chi connectivity index (χ0n) is 20.6. The van der Waals surface area contributed by atoms with Crippen LogP contribution < -0.4 is 14.4 Å². The number of carbonyl (C=O) groups excluding carboxylic acids is 2. The highest BCUT2D eigenvalue weighted by molar-refractivity contribution is 6.51. The van der Waals surface area contributed by atoms with Gasteiger partial charge in [0.15, 0.2) is 0 Å². The van der Waals surface area contributed by atoms with Gasteiger partial charge < -0.3 is 14.6 Å². The number of carbonyl (C=O) groups is 2. The van der Waals surface area contributed by atoms with Crippen molar-refractivity contribution in [1.29, 1.82) is 0 Å². The highest BCUT2D eigenvalue weighted by Crippen LogP contribution is 2.44. The Kier molecular flexibility index (Phi) is 7.36. The van der Waals surface area contributed by atoms with Gasteiger partial charge in [-0.25, -0.2) is 0 Å². The first-order chi connectivity index (χ1) is 17.3. The minimum Gasteiger partial charge on any atom is -0.507 e. The van der Waals surface area contributed by atoms with Crippen LogP contribution in [0.1, 0.15) is 49.4 Å². The molecule has 186 valence electrons. The summed E-state index contributed by atoms with van der Waals surface area (Å²) in [6, 6.07) is 18.5. The van der Waals surface area contributed by atoms with Gasteiger partial charge in [-0.05, 0) is 66.4 Å². The predicted octanol–water partition coefficient (Wildman–Crippen LogP) is 6.50. The molecular formula is C29H28ClNO5. The number of anilines is 1. The van der Waals surface area contributed by atoms with Gasteiger partial charge in [-0.1, -0.05) is 49.7 Å². The summed E-state index contributed by atoms with van der Waals surface area (Å²) in [7, 11) is 1.46. The largest absolute Gasteiger partial charge is 0.507 e. The number of ether oxygens (including phenoxy) is 2. The molecule has 0 saturated carbocycles. The molecule has 4 rings (SSSR count). The molecule has 0 spiro atoms. The molecule has 0 radical (unpaired) electrons. The van der Waals surface area contributed by atoms with Crippen LogP contribution in [0, 0.1) is 0 Å². The summed E-state index contributed by atoms with van der Waals surface area (Å²) in [6.07, 6.45) is 0. The van der Waals surface area contributed by atoms with Crippen molar-refractivity contribution in [2.75, 3.05) is 18.6 Å². The second kappa shape index (κ2) is 10.5. The summed E-state index contributed by atoms with van der Waals surface area (Å²) in [5.41, 5.74) is 2.49. The molecule has 1 atom stereocenters. The molecule has 1 heterocycles. The topological polar surface area (TPSA) is 76.1 Å². The van der Waals surface area contributed by atoms with E-state index in [1.807, 2.05) is 31.2 Å². The monoisotopic (exact) mass is 505 g/mol. The average Bonchev–Trinajstić information content (AvgIpc) is 3.14. The number of rotatable bonds is 7. The number of aliphatic hydroxyl groups excluding tert-OH is 1. The van der Waals surface area contributed by atoms with Crippen LogP contribution in [0.5, 0.6) is 11.5 Å². The lowest BCUT2D eigenvalue weighted by atomic mass is 9.94. The summed E-state index contributed by atoms with van der Waals surface area (Å²) in [6.45, 7) is 6.57. The molecule has 1 aliphatic rings. The Hall–Kier alpha value is -3.77. The number of aliphatic hydroxyl groups is 1. The molecule has 0 aliphatic carbocycles. The molecular weight excluding hydrogens is 478 g/mol. The lowest BCUT2D eigenvalue weighted by Gasteiger charge is -2.26. The number of amides is 1. The van der Waals surface area contributed by atoms with E-state index < -0.39 is 17.7 Å². The molecule has 0 aromatic heterocycles. The maximum absolute atomic E-state index is 13.4. The van der Waals surface area contributed by atoms with Gasteiger partial charge in [-0.3, -0.25) is 14.5 Å². The summed E-state index contributed by atoms with van der Waals surface area (Å²) in [5, 5.41) is 11.8. The first kappa shape index (κ1) is 25.3. The predicted molar refractivity (Wildman–Crippen MR) is 141 cm³/mol. The summed E-state index contributed by atoms with van der Waals surface area (Å²) >= 11 is 6.19. The fourth-order valence-electron chi connectivity index (χ4n) is 4.36. The third-order valence-corrected chi connectivity index (χ3v) is 6.44. The fourth-order valence-corrected chi connectivity index (χ4v) is 4.53. The lowest BCUT2D eigenvalue weighted by molar-refractivity contribution is -0.132. The molecule has 1 aliphatic heterocycles. The maximum Gasteiger partial charge on any atom is 0.300 e. The fraction of sp³-hybridized carbons (Fsp3) is 0.241. The van der Waals surface area contributed by atoms with Crippen LogP contribution in [0.3, 0.4) is 0 Å². The van der Waals surface area contributed by atoms with Crippen LogP contribution in [0.4, 0.5) is 5.69 Å². The third-order valence-electron chi connectivity index (χ3n) is 6.21. The van der Waals surface area contributed by atoms with Gasteiger partial charge in [0, 0.05) is 10.7 Å². The van der Waals surface area contributed by atoms with Crippen molar-refractivity contribution < 1.29 is 24.2 Å². The van der Waals surface area contributed by atoms with E-state index >= 15 is 0 Å². The molecule has 1 amide bonds. The Morgan fingerprint density at radius 3 is 2.28 bits per heavy atom. The smallest absolute Gasteiger partial charge is 0.300 e. The van der Waals surface area contributed by atoms with Crippen LogP contribution in [-0.2, 0) is 9.59 Å². The standard InChI is InChI=1S/C29H28ClNO5/c1-5-36-22-13-8-19(9-14-22)26-25(27(32)23-16-20(30)10-15-24(23)35-4)28(33)29(34)31(26)21-11-6-18(7-12-21)17(2)3/h6-17,26,32H,5H2,1-4H3/b27-25+. The van der Waals surface area contributed by atoms with Crippen molar-refractivity contribution in [2.24, 2.45) is 0 Å². The van der Waals surface area contributed by atoms with Crippen molar-refractivity contribution in [3.63, 3.8) is 0 Å². The minimum absolute atomic E-state index is 0.0438. The summed E-state index contributed by atoms with van der Waals surface area (Å²) in [5.74, 6) is -0.569. The zero-order chi connectivity index (χ0) is 26.0. The number of nitrogens with zero attached hydrogens (tertiary/aromatic N) is 1. The second-order valence-corrected chi connectivity index (χ2v) is 9.20. The molecule has 1 fully saturated rings. The highest BCUT2D eigenvalue weighted by Gasteiger charge is 2.47. The first-order valence-electron chi connectivity index (χ1n) is 11.7. The number of halogens is 1. The number of Topliss-reactive ketones (excluding diaryl/α,β-unsaturated/α-hetero) is 1. The Bertz CT molecular complexity index is 1310. The SMILES string of the molecule is CCOc1ccc(C2/C(=C(\O)c3cc(Cl)ccc3OC)C(=O)C(=O)N2c2ccc(C(C)C)cc2)cc1. The Labute approximate surface area is 215 Å². The minimum atomic E-state index is -0.866. The van der Waals surface area contributed by atoms with Gasteiger partial charge >= 0.3 is 0 Å². The van der Waals surface area contributed by atoms with E-state index in [0.29, 0.717) is 40.3 Å². The number of methoxy groups -OCH3 is 1. The summed E-state index contributed by atoms with van der Waals surface area (Å²) < 4.78 is 11.0. The van der Waals surface area contributed by atoms with Crippen molar-refractivity contribution in [1.82, 2.24) is 0 Å². The third kappa shape index (κ3) is 4.69. The average molecular weight is 506 g/mol. The van der Waals surface area contributed by atoms with E-state index in [0.717, 1.165) is 5.56 Å². The molecule has 3 aromatic rings. The zero-order valence-corrected chi connectivity index (χ0v) is 21.4. The Balaban J connectivity index is 1.92. The van der Waals surface area contributed by atoms with Gasteiger partial charge in [0.1, 0.15) is 17.3 Å². The molecule has 1 saturated heterocycles. The van der Waals surface area contributed by atoms with Crippen molar-refractivity contribution in [2.45, 2.75) is 32.7 Å². The first-order valence-corrected chi connectivity index (χ1v) is 12.1. The number of hydrogen-bond acceptors (Lipinski definition) is 5. The summed E-state index contributed by atoms with van der Waals surface area (Å²) in [4.78, 5) is 28.2. The molecule has 6 nitrogen and oxygen atoms in total. The molecule has 3 aromatic carbocycles. The van der Waals surface area contributed by atoms with E-state index in [1.54, 1.807) is 36.4 Å². The van der Waals surface area contributed by atoms with E-state index in [9.17, 15) is 14.7 Å². The van der Waals surface area contributed by atoms with Crippen molar-refractivity contribution in [3.8, 4) is 11.5 Å². The van der Waals surface area contributed by atoms with Gasteiger partial charge in [0.05, 0.1) is 30.9 Å². The van der Waals surface area contributed by atoms with Gasteiger partial charge in [0.25, 0.3) is 11.7 Å². The van der Waals surface area contributed by atoms with E-state index in [2.05, 4.69) is 13.8 Å². The molecule has 1 unspecified atom stereocenters. The second-order valence-electron chi connectivity index (χ2n) is 8.76. The number of benzene rings is 3. The molecule has 7 heteroatoms. The molecule has 1 N–H and O–H groups in total. The van der Waals surface area contributed by atoms with Crippen LogP contribution >= 0.6 is 11.6 Å². The normalized spacial score (nSPS) is 17.1. The van der Waals surface area contributed by atoms with Crippen LogP contribution in [0.15, 0.2) is 72.3 Å². The molecule has 36 heavy (non-hydrogen) atoms. The van der Waals surface area contributed by atoms with Crippen molar-refractivity contribution >= 4 is 34.7 Å². The Morgan fingerprint density at radius 2 is 1.69 bits per heavy atom. The van der Waals surface area contributed by atoms with Gasteiger partial charge in [0.2, 0.25) is 0 Å². The molecule has 0 bridgehead atoms. The van der Waals surface area contributed by atoms with Crippen LogP contribution in [-0.4, -0.2) is 30.5 Å². The highest BCUT2D eigenvalue weighted by atomic mass is 35.5. The van der Waals surface area contributed by atoms with Crippen LogP contribution in [0.25, 0.3) is 5.76 Å². The van der Waals surface area contributed by atoms with E-state index in [1.165, 1.54) is 18.1 Å². The van der Waals surface area contributed by atoms with Gasteiger partial charge in [-0.15, -0.1) is 0 Å². The number of hydrogen-bond donors (Lipinski definition) is 1. The van der Waals surface area contributed by atoms with Crippen LogP contribution in [0.2, 0.25) is 5.02 Å². The number of ketones is 1.